The van der Waals surface area contributed by atoms with Crippen LogP contribution in [0.5, 0.6) is 0 Å². The quantitative estimate of drug-likeness (QED) is 0.727. The molecule has 2 fully saturated rings. The van der Waals surface area contributed by atoms with Gasteiger partial charge in [0, 0.05) is 12.1 Å². The second-order valence-corrected chi connectivity index (χ2v) is 3.23. The first-order valence-electron chi connectivity index (χ1n) is 5.11. The van der Waals surface area contributed by atoms with E-state index in [9.17, 15) is 0 Å². The van der Waals surface area contributed by atoms with Crippen molar-refractivity contribution in [1.29, 1.82) is 0 Å². The van der Waals surface area contributed by atoms with Crippen LogP contribution < -0.4 is 0 Å². The predicted octanol–water partition coefficient (Wildman–Crippen LogP) is 2.25. The largest absolute Gasteiger partial charge is 2.00 e. The summed E-state index contributed by atoms with van der Waals surface area (Å²) in [6, 6.07) is 1.90. The van der Waals surface area contributed by atoms with Gasteiger partial charge in [-0.15, -0.1) is 0 Å². The number of rotatable bonds is 1. The molecule has 0 aromatic carbocycles. The third kappa shape index (κ3) is 5.18. The van der Waals surface area contributed by atoms with Gasteiger partial charge in [-0.05, 0) is 63.9 Å². The molecule has 0 saturated heterocycles. The van der Waals surface area contributed by atoms with E-state index in [2.05, 4.69) is 9.97 Å². The van der Waals surface area contributed by atoms with Crippen molar-refractivity contribution >= 4 is 0 Å². The van der Waals surface area contributed by atoms with Crippen molar-refractivity contribution in [2.24, 2.45) is 0 Å². The van der Waals surface area contributed by atoms with Crippen LogP contribution in [0.3, 0.4) is 0 Å². The molecule has 10 radical (unpaired) electrons. The minimum atomic E-state index is 0. The van der Waals surface area contributed by atoms with E-state index in [0.717, 1.165) is 11.6 Å². The smallest absolute Gasteiger partial charge is 0.245 e. The fourth-order valence-corrected chi connectivity index (χ4v) is 1.33. The Morgan fingerprint density at radius 2 is 1.35 bits per heavy atom. The first-order chi connectivity index (χ1) is 7.97. The van der Waals surface area contributed by atoms with Gasteiger partial charge in [0.15, 0.2) is 0 Å². The second kappa shape index (κ2) is 8.66. The Morgan fingerprint density at radius 1 is 0.765 bits per heavy atom. The molecule has 0 atom stereocenters. The van der Waals surface area contributed by atoms with Crippen LogP contribution in [0.4, 0.5) is 0 Å². The third-order valence-corrected chi connectivity index (χ3v) is 2.10. The summed E-state index contributed by atoms with van der Waals surface area (Å²) in [4.78, 5) is 7.95. The molecule has 0 aliphatic heterocycles. The maximum atomic E-state index is 4.11. The molecular formula is C14H12FeN2+2. The Balaban J connectivity index is 0.000000205. The van der Waals surface area contributed by atoms with Crippen LogP contribution in [0.25, 0.3) is 0 Å². The normalized spacial score (nSPS) is 19.3. The SMILES string of the molecule is [CH]1[CH][CH][CH][CH]1.[CH]1[CH][CH][C](c2ccncn2)[CH]1.[Fe+2]. The second-order valence-electron chi connectivity index (χ2n) is 3.23. The molecule has 2 saturated carbocycles. The van der Waals surface area contributed by atoms with Crippen molar-refractivity contribution in [3.63, 3.8) is 0 Å². The predicted molar refractivity (Wildman–Crippen MR) is 63.1 cm³/mol. The molecule has 0 unspecified atom stereocenters. The molecule has 1 heterocycles. The molecule has 0 spiro atoms. The Kier molecular flexibility index (Phi) is 7.46. The van der Waals surface area contributed by atoms with Crippen LogP contribution in [-0.4, -0.2) is 9.97 Å². The average molecular weight is 264 g/mol. The van der Waals surface area contributed by atoms with Gasteiger partial charge in [0.05, 0.1) is 5.69 Å². The molecule has 3 heteroatoms. The Bertz CT molecular complexity index is 272. The monoisotopic (exact) mass is 264 g/mol. The van der Waals surface area contributed by atoms with Crippen molar-refractivity contribution < 1.29 is 17.1 Å². The summed E-state index contributed by atoms with van der Waals surface area (Å²) in [7, 11) is 0. The van der Waals surface area contributed by atoms with E-state index in [1.165, 1.54) is 0 Å². The minimum Gasteiger partial charge on any atom is -0.245 e. The van der Waals surface area contributed by atoms with Gasteiger partial charge >= 0.3 is 17.1 Å². The van der Waals surface area contributed by atoms with Gasteiger partial charge in [0.1, 0.15) is 6.33 Å². The number of hydrogen-bond acceptors (Lipinski definition) is 2. The van der Waals surface area contributed by atoms with Gasteiger partial charge in [-0.2, -0.15) is 0 Å². The van der Waals surface area contributed by atoms with Gasteiger partial charge in [-0.25, -0.2) is 9.97 Å². The number of aromatic nitrogens is 2. The molecule has 1 aromatic rings. The van der Waals surface area contributed by atoms with E-state index >= 15 is 0 Å². The summed E-state index contributed by atoms with van der Waals surface area (Å²) in [5.41, 5.74) is 0.977. The molecular weight excluding hydrogens is 252 g/mol. The zero-order valence-electron chi connectivity index (χ0n) is 9.18. The Morgan fingerprint density at radius 3 is 1.82 bits per heavy atom. The first-order valence-corrected chi connectivity index (χ1v) is 5.11. The van der Waals surface area contributed by atoms with E-state index in [1.807, 2.05) is 63.9 Å². The summed E-state index contributed by atoms with van der Waals surface area (Å²) < 4.78 is 0. The van der Waals surface area contributed by atoms with Crippen molar-refractivity contribution in [2.75, 3.05) is 0 Å². The van der Waals surface area contributed by atoms with Crippen LogP contribution in [0, 0.1) is 63.7 Å². The minimum absolute atomic E-state index is 0. The summed E-state index contributed by atoms with van der Waals surface area (Å²) in [5, 5.41) is 0. The van der Waals surface area contributed by atoms with E-state index in [4.69, 9.17) is 0 Å². The summed E-state index contributed by atoms with van der Waals surface area (Å²) in [6.07, 6.45) is 21.4. The third-order valence-electron chi connectivity index (χ3n) is 2.10. The van der Waals surface area contributed by atoms with Crippen molar-refractivity contribution in [2.45, 2.75) is 0 Å². The fraction of sp³-hybridized carbons (Fsp3) is 0. The van der Waals surface area contributed by atoms with Gasteiger partial charge in [-0.3, -0.25) is 0 Å². The standard InChI is InChI=1S/C9H7N2.C5H5.Fe/c1-2-4-8(3-1)9-5-6-10-7-11-9;1-2-4-5-3-1;/h1-7H;1-5H;/q;;+2. The summed E-state index contributed by atoms with van der Waals surface area (Å²) in [5.74, 6) is 1.15. The van der Waals surface area contributed by atoms with Gasteiger partial charge < -0.3 is 0 Å². The molecule has 1 aromatic heterocycles. The maximum absolute atomic E-state index is 4.11. The molecule has 3 rings (SSSR count). The average Bonchev–Trinajstić information content (AvgIpc) is 3.07. The van der Waals surface area contributed by atoms with Gasteiger partial charge in [0.25, 0.3) is 0 Å². The summed E-state index contributed by atoms with van der Waals surface area (Å²) in [6.45, 7) is 0. The summed E-state index contributed by atoms with van der Waals surface area (Å²) >= 11 is 0. The maximum Gasteiger partial charge on any atom is 2.00 e. The Hall–Kier alpha value is -0.401. The van der Waals surface area contributed by atoms with Gasteiger partial charge in [0.2, 0.25) is 0 Å². The van der Waals surface area contributed by atoms with Gasteiger partial charge in [-0.1, -0.05) is 0 Å². The number of nitrogens with zero attached hydrogens (tertiary/aromatic N) is 2. The molecule has 0 amide bonds. The van der Waals surface area contributed by atoms with E-state index < -0.39 is 0 Å². The molecule has 0 N–H and O–H groups in total. The Labute approximate surface area is 115 Å². The van der Waals surface area contributed by atoms with Crippen molar-refractivity contribution in [3.05, 3.63) is 88.0 Å². The molecule has 2 nitrogen and oxygen atoms in total. The van der Waals surface area contributed by atoms with Crippen LogP contribution in [0.2, 0.25) is 0 Å². The zero-order chi connectivity index (χ0) is 11.1. The molecule has 2 aliphatic carbocycles. The van der Waals surface area contributed by atoms with Crippen molar-refractivity contribution in [3.8, 4) is 0 Å². The fourth-order valence-electron chi connectivity index (χ4n) is 1.33. The molecule has 17 heavy (non-hydrogen) atoms. The van der Waals surface area contributed by atoms with Crippen LogP contribution in [-0.2, 0) is 17.1 Å². The van der Waals surface area contributed by atoms with E-state index in [-0.39, 0.29) is 17.1 Å². The number of hydrogen-bond donors (Lipinski definition) is 0. The van der Waals surface area contributed by atoms with Crippen LogP contribution in [0.1, 0.15) is 5.69 Å². The van der Waals surface area contributed by atoms with E-state index in [1.54, 1.807) is 12.5 Å². The van der Waals surface area contributed by atoms with E-state index in [0.29, 0.717) is 0 Å². The van der Waals surface area contributed by atoms with Crippen LogP contribution in [0.15, 0.2) is 18.6 Å². The van der Waals surface area contributed by atoms with Crippen LogP contribution >= 0.6 is 0 Å². The van der Waals surface area contributed by atoms with Crippen molar-refractivity contribution in [1.82, 2.24) is 9.97 Å². The molecule has 0 bridgehead atoms. The molecule has 84 valence electrons. The topological polar surface area (TPSA) is 25.8 Å². The zero-order valence-corrected chi connectivity index (χ0v) is 10.3. The molecule has 2 aliphatic rings. The first kappa shape index (κ1) is 14.7.